The maximum atomic E-state index is 11.6. The van der Waals surface area contributed by atoms with Gasteiger partial charge in [-0.15, -0.1) is 11.8 Å². The van der Waals surface area contributed by atoms with Crippen LogP contribution in [0.2, 0.25) is 0 Å². The lowest BCUT2D eigenvalue weighted by atomic mass is 9.83. The minimum atomic E-state index is -0.751. The Balaban J connectivity index is 1.82. The third-order valence-electron chi connectivity index (χ3n) is 3.83. The van der Waals surface area contributed by atoms with E-state index >= 15 is 0 Å². The van der Waals surface area contributed by atoms with Gasteiger partial charge in [0.1, 0.15) is 0 Å². The van der Waals surface area contributed by atoms with Crippen LogP contribution in [0.1, 0.15) is 5.56 Å². The first-order valence-corrected chi connectivity index (χ1v) is 7.92. The lowest BCUT2D eigenvalue weighted by Gasteiger charge is -2.21. The van der Waals surface area contributed by atoms with E-state index in [9.17, 15) is 9.90 Å². The summed E-state index contributed by atoms with van der Waals surface area (Å²) in [6.07, 6.45) is 2.37. The number of carboxylic acids is 1. The van der Waals surface area contributed by atoms with Crippen LogP contribution in [0.3, 0.4) is 0 Å². The van der Waals surface area contributed by atoms with E-state index < -0.39 is 11.4 Å². The maximum Gasteiger partial charge on any atom is 0.314 e. The zero-order chi connectivity index (χ0) is 14.7. The van der Waals surface area contributed by atoms with Crippen LogP contribution >= 0.6 is 11.8 Å². The van der Waals surface area contributed by atoms with E-state index in [1.54, 1.807) is 11.8 Å². The molecule has 1 heterocycles. The lowest BCUT2D eigenvalue weighted by Crippen LogP contribution is -2.32. The monoisotopic (exact) mass is 296 g/mol. The molecule has 2 aromatic rings. The molecule has 2 nitrogen and oxygen atoms in total. The van der Waals surface area contributed by atoms with Crippen LogP contribution in [0.4, 0.5) is 0 Å². The highest BCUT2D eigenvalue weighted by Crippen LogP contribution is 2.36. The summed E-state index contributed by atoms with van der Waals surface area (Å²) in [7, 11) is 0. The van der Waals surface area contributed by atoms with Gasteiger partial charge in [0.2, 0.25) is 0 Å². The normalized spacial score (nSPS) is 20.6. The Morgan fingerprint density at radius 1 is 1.05 bits per heavy atom. The number of hydrogen-bond acceptors (Lipinski definition) is 2. The molecule has 0 aliphatic carbocycles. The average Bonchev–Trinajstić information content (AvgIpc) is 2.99. The summed E-state index contributed by atoms with van der Waals surface area (Å²) in [6, 6.07) is 18.4. The molecular formula is C18H16O2S. The molecule has 3 rings (SSSR count). The van der Waals surface area contributed by atoms with Crippen LogP contribution in [0.25, 0.3) is 11.1 Å². The van der Waals surface area contributed by atoms with E-state index in [4.69, 9.17) is 0 Å². The summed E-state index contributed by atoms with van der Waals surface area (Å²) in [6.45, 7) is 0. The Morgan fingerprint density at radius 2 is 1.71 bits per heavy atom. The number of carbonyl (C=O) groups is 1. The van der Waals surface area contributed by atoms with Crippen molar-refractivity contribution >= 4 is 17.7 Å². The molecule has 1 N–H and O–H groups in total. The van der Waals surface area contributed by atoms with Gasteiger partial charge >= 0.3 is 5.97 Å². The second-order valence-corrected chi connectivity index (χ2v) is 6.21. The number of thioether (sulfide) groups is 1. The number of carboxylic acid groups (broad SMARTS) is 1. The summed E-state index contributed by atoms with van der Waals surface area (Å²) in [5.41, 5.74) is 2.64. The van der Waals surface area contributed by atoms with Crippen molar-refractivity contribution < 1.29 is 9.90 Å². The second kappa shape index (κ2) is 5.78. The molecule has 21 heavy (non-hydrogen) atoms. The average molecular weight is 296 g/mol. The van der Waals surface area contributed by atoms with Gasteiger partial charge in [-0.2, -0.15) is 0 Å². The standard InChI is InChI=1S/C18H16O2S/c19-17(20)18(10-11-21-13-18)12-14-6-8-16(9-7-14)15-4-2-1-3-5-15/h1-11H,12-13H2,(H,19,20). The molecule has 1 aliphatic rings. The van der Waals surface area contributed by atoms with Crippen molar-refractivity contribution in [3.8, 4) is 11.1 Å². The molecule has 106 valence electrons. The minimum Gasteiger partial charge on any atom is -0.481 e. The Morgan fingerprint density at radius 3 is 2.29 bits per heavy atom. The van der Waals surface area contributed by atoms with Gasteiger partial charge in [-0.25, -0.2) is 0 Å². The fraction of sp³-hybridized carbons (Fsp3) is 0.167. The molecule has 0 radical (unpaired) electrons. The fourth-order valence-corrected chi connectivity index (χ4v) is 3.62. The number of benzene rings is 2. The van der Waals surface area contributed by atoms with E-state index in [1.165, 1.54) is 5.56 Å². The van der Waals surface area contributed by atoms with Gasteiger partial charge in [-0.05, 0) is 28.5 Å². The molecule has 0 amide bonds. The predicted octanol–water partition coefficient (Wildman–Crippen LogP) is 4.23. The van der Waals surface area contributed by atoms with Crippen molar-refractivity contribution in [3.05, 3.63) is 71.6 Å². The second-order valence-electron chi connectivity index (χ2n) is 5.31. The molecule has 1 aliphatic heterocycles. The summed E-state index contributed by atoms with van der Waals surface area (Å²) < 4.78 is 0. The Labute approximate surface area is 128 Å². The molecule has 0 spiro atoms. The van der Waals surface area contributed by atoms with Crippen LogP contribution in [0.5, 0.6) is 0 Å². The molecule has 0 bridgehead atoms. The highest BCUT2D eigenvalue weighted by atomic mass is 32.2. The number of rotatable bonds is 4. The molecule has 0 aromatic heterocycles. The molecular weight excluding hydrogens is 280 g/mol. The summed E-state index contributed by atoms with van der Waals surface area (Å²) in [5, 5.41) is 11.4. The minimum absolute atomic E-state index is 0.543. The zero-order valence-electron chi connectivity index (χ0n) is 11.5. The van der Waals surface area contributed by atoms with Crippen LogP contribution in [0.15, 0.2) is 66.1 Å². The quantitative estimate of drug-likeness (QED) is 0.917. The summed E-state index contributed by atoms with van der Waals surface area (Å²) in [4.78, 5) is 11.6. The largest absolute Gasteiger partial charge is 0.481 e. The first-order chi connectivity index (χ1) is 10.2. The van der Waals surface area contributed by atoms with Gasteiger partial charge in [0.15, 0.2) is 0 Å². The smallest absolute Gasteiger partial charge is 0.314 e. The van der Waals surface area contributed by atoms with Gasteiger partial charge < -0.3 is 5.11 Å². The van der Waals surface area contributed by atoms with E-state index in [-0.39, 0.29) is 0 Å². The fourth-order valence-electron chi connectivity index (χ4n) is 2.55. The van der Waals surface area contributed by atoms with Gasteiger partial charge in [0.25, 0.3) is 0 Å². The molecule has 1 atom stereocenters. The van der Waals surface area contributed by atoms with E-state index in [1.807, 2.05) is 41.8 Å². The highest BCUT2D eigenvalue weighted by Gasteiger charge is 2.38. The Bertz CT molecular complexity index is 661. The first-order valence-electron chi connectivity index (χ1n) is 6.87. The van der Waals surface area contributed by atoms with Gasteiger partial charge in [0.05, 0.1) is 5.41 Å². The van der Waals surface area contributed by atoms with Crippen molar-refractivity contribution in [2.45, 2.75) is 6.42 Å². The molecule has 1 unspecified atom stereocenters. The lowest BCUT2D eigenvalue weighted by molar-refractivity contribution is -0.144. The summed E-state index contributed by atoms with van der Waals surface area (Å²) >= 11 is 1.57. The maximum absolute atomic E-state index is 11.6. The molecule has 2 aromatic carbocycles. The van der Waals surface area contributed by atoms with E-state index in [0.29, 0.717) is 12.2 Å². The van der Waals surface area contributed by atoms with Crippen molar-refractivity contribution in [2.75, 3.05) is 5.75 Å². The SMILES string of the molecule is O=C(O)C1(Cc2ccc(-c3ccccc3)cc2)C=CSC1. The van der Waals surface area contributed by atoms with Crippen molar-refractivity contribution in [1.29, 1.82) is 0 Å². The predicted molar refractivity (Wildman–Crippen MR) is 87.2 cm³/mol. The van der Waals surface area contributed by atoms with Crippen molar-refractivity contribution in [1.82, 2.24) is 0 Å². The van der Waals surface area contributed by atoms with Crippen LogP contribution in [-0.2, 0) is 11.2 Å². The van der Waals surface area contributed by atoms with Crippen molar-refractivity contribution in [3.63, 3.8) is 0 Å². The Kier molecular flexibility index (Phi) is 3.84. The van der Waals surface area contributed by atoms with Crippen LogP contribution < -0.4 is 0 Å². The third kappa shape index (κ3) is 2.88. The van der Waals surface area contributed by atoms with Gasteiger partial charge in [-0.3, -0.25) is 4.79 Å². The number of hydrogen-bond donors (Lipinski definition) is 1. The van der Waals surface area contributed by atoms with Crippen LogP contribution in [-0.4, -0.2) is 16.8 Å². The van der Waals surface area contributed by atoms with Gasteiger partial charge in [-0.1, -0.05) is 60.7 Å². The number of aliphatic carboxylic acids is 1. The molecule has 0 saturated heterocycles. The molecule has 0 fully saturated rings. The van der Waals surface area contributed by atoms with Gasteiger partial charge in [0, 0.05) is 5.75 Å². The molecule has 3 heteroatoms. The first kappa shape index (κ1) is 14.0. The topological polar surface area (TPSA) is 37.3 Å². The van der Waals surface area contributed by atoms with E-state index in [2.05, 4.69) is 24.3 Å². The Hall–Kier alpha value is -2.00. The van der Waals surface area contributed by atoms with Crippen molar-refractivity contribution in [2.24, 2.45) is 5.41 Å². The zero-order valence-corrected chi connectivity index (χ0v) is 12.3. The van der Waals surface area contributed by atoms with Crippen LogP contribution in [0, 0.1) is 5.41 Å². The molecule has 0 saturated carbocycles. The van der Waals surface area contributed by atoms with E-state index in [0.717, 1.165) is 11.1 Å². The highest BCUT2D eigenvalue weighted by molar-refractivity contribution is 8.02. The summed E-state index contributed by atoms with van der Waals surface area (Å²) in [5.74, 6) is -0.126. The third-order valence-corrected chi connectivity index (χ3v) is 4.84.